The molecule has 4 aliphatic heterocycles. The monoisotopic (exact) mass is 1050 g/mol. The van der Waals surface area contributed by atoms with Crippen LogP contribution >= 0.6 is 27.5 Å². The minimum atomic E-state index is -2.61. The van der Waals surface area contributed by atoms with E-state index in [1.807, 2.05) is 13.8 Å². The third-order valence-corrected chi connectivity index (χ3v) is 12.0. The van der Waals surface area contributed by atoms with Gasteiger partial charge in [-0.1, -0.05) is 11.6 Å². The first-order valence-electron chi connectivity index (χ1n) is 21.0. The van der Waals surface area contributed by atoms with Crippen LogP contribution in [0.5, 0.6) is 0 Å². The maximum Gasteiger partial charge on any atom is 0.322 e. The molecule has 68 heavy (non-hydrogen) atoms. The Morgan fingerprint density at radius 3 is 1.76 bits per heavy atom. The summed E-state index contributed by atoms with van der Waals surface area (Å²) < 4.78 is 90.2. The number of hydrogen-bond donors (Lipinski definition) is 2. The van der Waals surface area contributed by atoms with Gasteiger partial charge >= 0.3 is 12.1 Å². The largest absolute Gasteiger partial charge is 0.373 e. The first kappa shape index (κ1) is 50.3. The Balaban J connectivity index is 0.000000201. The van der Waals surface area contributed by atoms with Crippen molar-refractivity contribution < 1.29 is 64.7 Å². The highest BCUT2D eigenvalue weighted by atomic mass is 79.9. The lowest BCUT2D eigenvalue weighted by atomic mass is 9.99. The van der Waals surface area contributed by atoms with Gasteiger partial charge in [-0.3, -0.25) is 28.6 Å². The molecule has 4 aromatic rings. The molecule has 0 saturated heterocycles. The average molecular weight is 1050 g/mol. The van der Waals surface area contributed by atoms with E-state index in [9.17, 15) is 45.5 Å². The molecule has 2 N–H and O–H groups in total. The number of carbonyl (C=O) groups excluding carboxylic acids is 4. The van der Waals surface area contributed by atoms with Crippen molar-refractivity contribution >= 4 is 62.8 Å². The number of benzene rings is 1. The van der Waals surface area contributed by atoms with E-state index < -0.39 is 73.8 Å². The normalized spacial score (nSPS) is 20.3. The molecular formula is C41H45BrClF6N11O8. The maximum atomic E-state index is 14.3. The second-order valence-electron chi connectivity index (χ2n) is 16.1. The summed E-state index contributed by atoms with van der Waals surface area (Å²) >= 11 is 8.78. The van der Waals surface area contributed by atoms with Crippen molar-refractivity contribution in [2.75, 3.05) is 51.2 Å². The second kappa shape index (κ2) is 21.4. The number of nitrogens with zero attached hydrogens (tertiary/aromatic N) is 9. The van der Waals surface area contributed by atoms with E-state index in [-0.39, 0.29) is 78.2 Å². The predicted molar refractivity (Wildman–Crippen MR) is 231 cm³/mol. The Morgan fingerprint density at radius 1 is 0.809 bits per heavy atom. The second-order valence-corrected chi connectivity index (χ2v) is 17.3. The van der Waals surface area contributed by atoms with Crippen LogP contribution in [0, 0.1) is 11.6 Å². The van der Waals surface area contributed by atoms with Crippen LogP contribution < -0.4 is 10.6 Å². The number of fused-ring (bicyclic) bond motifs is 6. The van der Waals surface area contributed by atoms with Gasteiger partial charge in [-0.2, -0.15) is 10.2 Å². The SMILES string of the molecule is CC1Cc2nn3c(c2CN1C(=O)Nc1ccc(F)c(Cl)c1)C(=O)N(C)OC(COCC(F)F)C3.CC1Cc2nn3c(c2CN1C(=O)Nc1ccnc(Br)c1F)C(=O)N(C)OC(COCC(F)F)C3. The molecule has 0 fully saturated rings. The highest BCUT2D eigenvalue weighted by Crippen LogP contribution is 2.32. The minimum Gasteiger partial charge on any atom is -0.373 e. The molecule has 0 saturated carbocycles. The number of ether oxygens (including phenoxy) is 2. The third kappa shape index (κ3) is 11.3. The van der Waals surface area contributed by atoms with Crippen LogP contribution in [0.4, 0.5) is 47.3 Å². The van der Waals surface area contributed by atoms with E-state index in [1.165, 1.54) is 52.8 Å². The smallest absolute Gasteiger partial charge is 0.322 e. The summed E-state index contributed by atoms with van der Waals surface area (Å²) in [6, 6.07) is 3.71. The molecule has 27 heteroatoms. The lowest BCUT2D eigenvalue weighted by molar-refractivity contribution is -0.169. The maximum absolute atomic E-state index is 14.3. The summed E-state index contributed by atoms with van der Waals surface area (Å²) in [5, 5.41) is 16.3. The molecule has 4 unspecified atom stereocenters. The van der Waals surface area contributed by atoms with Gasteiger partial charge in [-0.15, -0.1) is 0 Å². The highest BCUT2D eigenvalue weighted by molar-refractivity contribution is 9.10. The zero-order valence-corrected chi connectivity index (χ0v) is 39.1. The molecule has 0 radical (unpaired) electrons. The fourth-order valence-corrected chi connectivity index (χ4v) is 8.50. The molecule has 368 valence electrons. The van der Waals surface area contributed by atoms with Crippen molar-refractivity contribution in [2.24, 2.45) is 0 Å². The van der Waals surface area contributed by atoms with Crippen LogP contribution in [0.2, 0.25) is 5.02 Å². The number of hydrogen-bond acceptors (Lipinski definition) is 11. The molecule has 0 aliphatic carbocycles. The van der Waals surface area contributed by atoms with E-state index in [1.54, 1.807) is 4.90 Å². The van der Waals surface area contributed by atoms with E-state index in [4.69, 9.17) is 30.7 Å². The van der Waals surface area contributed by atoms with Crippen molar-refractivity contribution in [1.82, 2.24) is 44.5 Å². The van der Waals surface area contributed by atoms with Crippen LogP contribution in [-0.2, 0) is 58.2 Å². The van der Waals surface area contributed by atoms with Gasteiger partial charge in [0, 0.05) is 62.0 Å². The first-order valence-corrected chi connectivity index (χ1v) is 22.1. The topological polar surface area (TPSA) is 191 Å². The van der Waals surface area contributed by atoms with E-state index >= 15 is 0 Å². The molecule has 19 nitrogen and oxygen atoms in total. The highest BCUT2D eigenvalue weighted by Gasteiger charge is 2.40. The Morgan fingerprint density at radius 2 is 1.29 bits per heavy atom. The number of aromatic nitrogens is 5. The molecule has 0 bridgehead atoms. The molecule has 6 amide bonds. The molecule has 3 aromatic heterocycles. The summed E-state index contributed by atoms with van der Waals surface area (Å²) in [6.07, 6.45) is -4.50. The molecular weight excluding hydrogens is 1000 g/mol. The fraction of sp³-hybridized carbons (Fsp3) is 0.488. The van der Waals surface area contributed by atoms with Gasteiger partial charge in [0.25, 0.3) is 24.7 Å². The van der Waals surface area contributed by atoms with Crippen molar-refractivity contribution in [3.8, 4) is 0 Å². The quantitative estimate of drug-likeness (QED) is 0.137. The van der Waals surface area contributed by atoms with Crippen LogP contribution in [0.1, 0.15) is 57.3 Å². The Hall–Kier alpha value is -5.54. The number of pyridine rings is 1. The van der Waals surface area contributed by atoms with Crippen LogP contribution in [-0.4, -0.2) is 146 Å². The number of nitrogens with one attached hydrogen (secondary N) is 2. The molecule has 0 spiro atoms. The number of rotatable bonds is 10. The van der Waals surface area contributed by atoms with Gasteiger partial charge in [0.15, 0.2) is 5.82 Å². The number of urea groups is 2. The standard InChI is InChI=1S/C21H23ClF3N5O4.C20H22BrF3N6O4/c1-11-5-17-14(8-29(11)21(32)26-12-3-4-16(23)15(22)6-12)19-20(31)28(2)34-13(7-30(19)27-17)9-33-10-18(24)25;1-10-5-14-12(7-29(10)20(32)26-13-3-4-25-18(21)16(13)24)17-19(31)28(2)34-11(6-30(17)27-14)8-33-9-15(22)23/h3-4,6,11,13,18H,5,7-10H2,1-2H3,(H,26,32);3-4,10-11,15H,5-9H2,1-2H3,(H,25,26,32). The first-order chi connectivity index (χ1) is 32.3. The molecule has 4 atom stereocenters. The summed E-state index contributed by atoms with van der Waals surface area (Å²) in [5.41, 5.74) is 3.28. The van der Waals surface area contributed by atoms with Crippen molar-refractivity contribution in [3.05, 3.63) is 85.6 Å². The lowest BCUT2D eigenvalue weighted by Crippen LogP contribution is -2.45. The molecule has 4 aliphatic rings. The Bertz CT molecular complexity index is 2540. The third-order valence-electron chi connectivity index (χ3n) is 11.2. The number of alkyl halides is 4. The predicted octanol–water partition coefficient (Wildman–Crippen LogP) is 6.15. The zero-order chi connectivity index (χ0) is 49.1. The number of hydroxylamine groups is 4. The van der Waals surface area contributed by atoms with Crippen LogP contribution in [0.3, 0.4) is 0 Å². The van der Waals surface area contributed by atoms with E-state index in [0.29, 0.717) is 41.0 Å². The van der Waals surface area contributed by atoms with Gasteiger partial charge < -0.3 is 29.9 Å². The van der Waals surface area contributed by atoms with E-state index in [2.05, 4.69) is 41.7 Å². The molecule has 1 aromatic carbocycles. The van der Waals surface area contributed by atoms with Gasteiger partial charge in [0.1, 0.15) is 47.2 Å². The van der Waals surface area contributed by atoms with Crippen LogP contribution in [0.15, 0.2) is 35.1 Å². The average Bonchev–Trinajstić information content (AvgIpc) is 3.73. The van der Waals surface area contributed by atoms with Crippen LogP contribution in [0.25, 0.3) is 0 Å². The van der Waals surface area contributed by atoms with Crippen molar-refractivity contribution in [2.45, 2.75) is 90.0 Å². The van der Waals surface area contributed by atoms with Gasteiger partial charge in [0.2, 0.25) is 0 Å². The molecule has 7 heterocycles. The van der Waals surface area contributed by atoms with Gasteiger partial charge in [-0.25, -0.2) is 51.0 Å². The Labute approximate surface area is 397 Å². The zero-order valence-electron chi connectivity index (χ0n) is 36.7. The summed E-state index contributed by atoms with van der Waals surface area (Å²) in [5.74, 6) is -2.25. The fourth-order valence-electron chi connectivity index (χ4n) is 7.98. The number of anilines is 2. The number of halogens is 8. The summed E-state index contributed by atoms with van der Waals surface area (Å²) in [7, 11) is 2.84. The van der Waals surface area contributed by atoms with Gasteiger partial charge in [-0.05, 0) is 54.0 Å². The Kier molecular flexibility index (Phi) is 15.8. The number of carbonyl (C=O) groups is 4. The van der Waals surface area contributed by atoms with Gasteiger partial charge in [0.05, 0.1) is 61.5 Å². The van der Waals surface area contributed by atoms with E-state index in [0.717, 1.165) is 16.2 Å². The van der Waals surface area contributed by atoms with Crippen molar-refractivity contribution in [1.29, 1.82) is 0 Å². The summed E-state index contributed by atoms with van der Waals surface area (Å²) in [4.78, 5) is 69.9. The van der Waals surface area contributed by atoms with Crippen molar-refractivity contribution in [3.63, 3.8) is 0 Å². The lowest BCUT2D eigenvalue weighted by Gasteiger charge is -2.33. The minimum absolute atomic E-state index is 0.0260. The summed E-state index contributed by atoms with van der Waals surface area (Å²) in [6.45, 7) is 2.32. The molecule has 8 rings (SSSR count). The number of amides is 6.